The van der Waals surface area contributed by atoms with Crippen LogP contribution in [0.15, 0.2) is 6.07 Å². The second-order valence-corrected chi connectivity index (χ2v) is 4.97. The predicted molar refractivity (Wildman–Crippen MR) is 61.5 cm³/mol. The molecule has 1 saturated carbocycles. The van der Waals surface area contributed by atoms with Crippen molar-refractivity contribution in [3.8, 4) is 0 Å². The van der Waals surface area contributed by atoms with Gasteiger partial charge in [-0.15, -0.1) is 0 Å². The van der Waals surface area contributed by atoms with Crippen molar-refractivity contribution in [2.45, 2.75) is 39.2 Å². The number of hydrogen-bond donors (Lipinski definition) is 1. The molecule has 1 fully saturated rings. The highest BCUT2D eigenvalue weighted by molar-refractivity contribution is 5.10. The van der Waals surface area contributed by atoms with E-state index in [1.54, 1.807) is 0 Å². The Balaban J connectivity index is 1.98. The fourth-order valence-electron chi connectivity index (χ4n) is 2.25. The van der Waals surface area contributed by atoms with E-state index in [1.165, 1.54) is 18.5 Å². The molecule has 15 heavy (non-hydrogen) atoms. The van der Waals surface area contributed by atoms with Crippen molar-refractivity contribution in [3.63, 3.8) is 0 Å². The molecule has 1 heterocycles. The molecule has 0 aromatic carbocycles. The summed E-state index contributed by atoms with van der Waals surface area (Å²) in [6.07, 6.45) is 3.70. The number of nitrogens with zero attached hydrogens (tertiary/aromatic N) is 2. The molecule has 1 aromatic heterocycles. The maximum atomic E-state index is 6.23. The molecule has 1 aliphatic rings. The van der Waals surface area contributed by atoms with Gasteiger partial charge in [-0.25, -0.2) is 0 Å². The van der Waals surface area contributed by atoms with Crippen molar-refractivity contribution < 1.29 is 0 Å². The maximum absolute atomic E-state index is 6.23. The van der Waals surface area contributed by atoms with E-state index >= 15 is 0 Å². The van der Waals surface area contributed by atoms with Crippen LogP contribution in [0.2, 0.25) is 0 Å². The lowest BCUT2D eigenvalue weighted by Gasteiger charge is -2.19. The van der Waals surface area contributed by atoms with E-state index < -0.39 is 0 Å². The lowest BCUT2D eigenvalue weighted by atomic mass is 9.94. The molecule has 0 aliphatic heterocycles. The van der Waals surface area contributed by atoms with Crippen LogP contribution < -0.4 is 5.73 Å². The summed E-state index contributed by atoms with van der Waals surface area (Å²) in [6, 6.07) is 2.42. The fraction of sp³-hybridized carbons (Fsp3) is 0.750. The SMILES string of the molecule is Cc1cc(CC(N)C(C)C2CC2)n(C)n1. The molecule has 2 N–H and O–H groups in total. The third-order valence-electron chi connectivity index (χ3n) is 3.58. The Morgan fingerprint density at radius 3 is 2.73 bits per heavy atom. The molecule has 0 amide bonds. The summed E-state index contributed by atoms with van der Waals surface area (Å²) in [4.78, 5) is 0. The van der Waals surface area contributed by atoms with Gasteiger partial charge in [-0.05, 0) is 37.7 Å². The van der Waals surface area contributed by atoms with Crippen LogP contribution in [0.1, 0.15) is 31.2 Å². The molecular formula is C12H21N3. The van der Waals surface area contributed by atoms with Crippen LogP contribution >= 0.6 is 0 Å². The van der Waals surface area contributed by atoms with E-state index in [4.69, 9.17) is 5.73 Å². The quantitative estimate of drug-likeness (QED) is 0.815. The van der Waals surface area contributed by atoms with Gasteiger partial charge in [0.2, 0.25) is 0 Å². The number of rotatable bonds is 4. The average molecular weight is 207 g/mol. The van der Waals surface area contributed by atoms with Gasteiger partial charge in [-0.3, -0.25) is 4.68 Å². The van der Waals surface area contributed by atoms with E-state index in [0.717, 1.165) is 18.0 Å². The van der Waals surface area contributed by atoms with E-state index in [2.05, 4.69) is 18.1 Å². The molecule has 0 radical (unpaired) electrons. The topological polar surface area (TPSA) is 43.8 Å². The molecule has 2 unspecified atom stereocenters. The summed E-state index contributed by atoms with van der Waals surface area (Å²) in [6.45, 7) is 4.31. The number of hydrogen-bond acceptors (Lipinski definition) is 2. The third kappa shape index (κ3) is 2.40. The Bertz CT molecular complexity index is 339. The average Bonchev–Trinajstić information content (AvgIpc) is 2.94. The Morgan fingerprint density at radius 2 is 2.27 bits per heavy atom. The highest BCUT2D eigenvalue weighted by atomic mass is 15.3. The largest absolute Gasteiger partial charge is 0.327 e. The number of nitrogens with two attached hydrogens (primary N) is 1. The van der Waals surface area contributed by atoms with Crippen LogP contribution in [0.25, 0.3) is 0 Å². The Morgan fingerprint density at radius 1 is 1.60 bits per heavy atom. The summed E-state index contributed by atoms with van der Waals surface area (Å²) < 4.78 is 1.95. The predicted octanol–water partition coefficient (Wildman–Crippen LogP) is 1.64. The summed E-state index contributed by atoms with van der Waals surface area (Å²) in [7, 11) is 2.00. The second-order valence-electron chi connectivity index (χ2n) is 4.97. The van der Waals surface area contributed by atoms with Crippen LogP contribution in [0, 0.1) is 18.8 Å². The van der Waals surface area contributed by atoms with Crippen molar-refractivity contribution in [3.05, 3.63) is 17.5 Å². The normalized spacial score (nSPS) is 20.3. The summed E-state index contributed by atoms with van der Waals surface area (Å²) >= 11 is 0. The van der Waals surface area contributed by atoms with E-state index in [9.17, 15) is 0 Å². The number of aromatic nitrogens is 2. The van der Waals surface area contributed by atoms with Crippen LogP contribution in [0.4, 0.5) is 0 Å². The van der Waals surface area contributed by atoms with E-state index in [-0.39, 0.29) is 6.04 Å². The summed E-state index contributed by atoms with van der Waals surface area (Å²) in [5.74, 6) is 1.54. The summed E-state index contributed by atoms with van der Waals surface area (Å²) in [5.41, 5.74) is 8.57. The molecule has 0 bridgehead atoms. The van der Waals surface area contributed by atoms with Crippen LogP contribution in [0.3, 0.4) is 0 Å². The first-order chi connectivity index (χ1) is 7.08. The van der Waals surface area contributed by atoms with Crippen molar-refractivity contribution in [2.75, 3.05) is 0 Å². The van der Waals surface area contributed by atoms with Crippen molar-refractivity contribution in [1.82, 2.24) is 9.78 Å². The van der Waals surface area contributed by atoms with Crippen molar-refractivity contribution in [2.24, 2.45) is 24.6 Å². The van der Waals surface area contributed by atoms with Crippen molar-refractivity contribution >= 4 is 0 Å². The molecule has 2 rings (SSSR count). The standard InChI is InChI=1S/C12H21N3/c1-8-6-11(15(3)14-8)7-12(13)9(2)10-4-5-10/h6,9-10,12H,4-5,7,13H2,1-3H3. The minimum Gasteiger partial charge on any atom is -0.327 e. The number of aryl methyl sites for hydroxylation is 2. The first kappa shape index (κ1) is 10.7. The molecule has 2 atom stereocenters. The minimum atomic E-state index is 0.285. The van der Waals surface area contributed by atoms with Crippen LogP contribution in [-0.2, 0) is 13.5 Å². The lowest BCUT2D eigenvalue weighted by molar-refractivity contribution is 0.398. The zero-order valence-electron chi connectivity index (χ0n) is 9.90. The van der Waals surface area contributed by atoms with Gasteiger partial charge in [0.05, 0.1) is 5.69 Å². The van der Waals surface area contributed by atoms with Gasteiger partial charge in [0.15, 0.2) is 0 Å². The van der Waals surface area contributed by atoms with E-state index in [1.807, 2.05) is 18.7 Å². The Kier molecular flexibility index (Phi) is 2.83. The first-order valence-electron chi connectivity index (χ1n) is 5.83. The maximum Gasteiger partial charge on any atom is 0.0596 e. The first-order valence-corrected chi connectivity index (χ1v) is 5.83. The fourth-order valence-corrected chi connectivity index (χ4v) is 2.25. The van der Waals surface area contributed by atoms with Gasteiger partial charge in [0.25, 0.3) is 0 Å². The molecule has 1 aliphatic carbocycles. The van der Waals surface area contributed by atoms with Gasteiger partial charge in [0, 0.05) is 25.2 Å². The molecule has 0 saturated heterocycles. The van der Waals surface area contributed by atoms with Crippen molar-refractivity contribution in [1.29, 1.82) is 0 Å². The molecule has 3 heteroatoms. The van der Waals surface area contributed by atoms with Crippen LogP contribution in [0.5, 0.6) is 0 Å². The second kappa shape index (κ2) is 3.97. The van der Waals surface area contributed by atoms with Gasteiger partial charge in [0.1, 0.15) is 0 Å². The molecule has 84 valence electrons. The monoisotopic (exact) mass is 207 g/mol. The molecule has 1 aromatic rings. The van der Waals surface area contributed by atoms with Gasteiger partial charge >= 0.3 is 0 Å². The molecule has 0 spiro atoms. The molecule has 3 nitrogen and oxygen atoms in total. The smallest absolute Gasteiger partial charge is 0.0596 e. The van der Waals surface area contributed by atoms with Gasteiger partial charge in [-0.1, -0.05) is 6.92 Å². The highest BCUT2D eigenvalue weighted by Crippen LogP contribution is 2.38. The Hall–Kier alpha value is -0.830. The molecular weight excluding hydrogens is 186 g/mol. The zero-order valence-corrected chi connectivity index (χ0v) is 9.90. The Labute approximate surface area is 91.7 Å². The van der Waals surface area contributed by atoms with Gasteiger partial charge in [-0.2, -0.15) is 5.10 Å². The third-order valence-corrected chi connectivity index (χ3v) is 3.58. The zero-order chi connectivity index (χ0) is 11.0. The van der Waals surface area contributed by atoms with Crippen LogP contribution in [-0.4, -0.2) is 15.8 Å². The van der Waals surface area contributed by atoms with Gasteiger partial charge < -0.3 is 5.73 Å². The van der Waals surface area contributed by atoms with E-state index in [0.29, 0.717) is 5.92 Å². The minimum absolute atomic E-state index is 0.285. The lowest BCUT2D eigenvalue weighted by Crippen LogP contribution is -2.32. The summed E-state index contributed by atoms with van der Waals surface area (Å²) in [5, 5.41) is 4.35. The highest BCUT2D eigenvalue weighted by Gasteiger charge is 2.31.